The minimum absolute atomic E-state index is 0.102. The van der Waals surface area contributed by atoms with Crippen LogP contribution >= 0.6 is 0 Å². The van der Waals surface area contributed by atoms with Gasteiger partial charge in [0.2, 0.25) is 0 Å². The van der Waals surface area contributed by atoms with Crippen LogP contribution in [-0.4, -0.2) is 16.9 Å². The molecule has 1 fully saturated rings. The number of aromatic nitrogens is 1. The molecule has 0 N–H and O–H groups in total. The van der Waals surface area contributed by atoms with Crippen LogP contribution in [0.15, 0.2) is 18.5 Å². The van der Waals surface area contributed by atoms with Gasteiger partial charge in [-0.3, -0.25) is 9.78 Å². The first-order valence-corrected chi connectivity index (χ1v) is 7.30. The lowest BCUT2D eigenvalue weighted by molar-refractivity contribution is 0.0972. The van der Waals surface area contributed by atoms with E-state index in [1.807, 2.05) is 19.9 Å². The summed E-state index contributed by atoms with van der Waals surface area (Å²) in [5.74, 6) is 1.63. The molecule has 1 aromatic rings. The molecule has 1 heterocycles. The molecule has 1 aliphatic rings. The number of pyridine rings is 1. The third-order valence-electron chi connectivity index (χ3n) is 3.66. The molecule has 2 rings (SSSR count). The van der Waals surface area contributed by atoms with Crippen LogP contribution in [0, 0.1) is 5.92 Å². The molecule has 0 bridgehead atoms. The van der Waals surface area contributed by atoms with E-state index in [0.29, 0.717) is 17.7 Å². The number of carbonyl (C=O) groups excluding carboxylic acids is 1. The lowest BCUT2D eigenvalue weighted by Crippen LogP contribution is -2.08. The minimum Gasteiger partial charge on any atom is -0.489 e. The summed E-state index contributed by atoms with van der Waals surface area (Å²) >= 11 is 0. The summed E-state index contributed by atoms with van der Waals surface area (Å²) in [5.41, 5.74) is 0.677. The van der Waals surface area contributed by atoms with Crippen molar-refractivity contribution in [2.24, 2.45) is 5.92 Å². The normalized spacial score (nSPS) is 15.9. The number of hydrogen-bond donors (Lipinski definition) is 0. The van der Waals surface area contributed by atoms with E-state index in [4.69, 9.17) is 4.74 Å². The zero-order valence-electron chi connectivity index (χ0n) is 11.9. The highest BCUT2D eigenvalue weighted by Crippen LogP contribution is 2.29. The van der Waals surface area contributed by atoms with E-state index >= 15 is 0 Å². The second-order valence-electron chi connectivity index (χ2n) is 5.69. The highest BCUT2D eigenvalue weighted by atomic mass is 16.5. The molecule has 3 nitrogen and oxygen atoms in total. The van der Waals surface area contributed by atoms with Crippen molar-refractivity contribution in [2.45, 2.75) is 58.5 Å². The first-order chi connectivity index (χ1) is 9.15. The average molecular weight is 261 g/mol. The van der Waals surface area contributed by atoms with Crippen LogP contribution in [0.4, 0.5) is 0 Å². The summed E-state index contributed by atoms with van der Waals surface area (Å²) in [7, 11) is 0. The van der Waals surface area contributed by atoms with Gasteiger partial charge in [-0.2, -0.15) is 0 Å². The van der Waals surface area contributed by atoms with Crippen molar-refractivity contribution >= 4 is 5.78 Å². The van der Waals surface area contributed by atoms with Gasteiger partial charge < -0.3 is 4.74 Å². The Hall–Kier alpha value is -1.38. The molecule has 104 valence electrons. The van der Waals surface area contributed by atoms with Crippen LogP contribution < -0.4 is 4.74 Å². The van der Waals surface area contributed by atoms with Gasteiger partial charge in [0.25, 0.3) is 0 Å². The van der Waals surface area contributed by atoms with Crippen LogP contribution in [-0.2, 0) is 0 Å². The fourth-order valence-electron chi connectivity index (χ4n) is 2.69. The Labute approximate surface area is 115 Å². The Morgan fingerprint density at radius 1 is 1.37 bits per heavy atom. The number of carbonyl (C=O) groups is 1. The predicted octanol–water partition coefficient (Wildman–Crippen LogP) is 4.02. The summed E-state index contributed by atoms with van der Waals surface area (Å²) in [6, 6.07) is 1.81. The van der Waals surface area contributed by atoms with E-state index in [2.05, 4.69) is 4.98 Å². The van der Waals surface area contributed by atoms with Gasteiger partial charge in [-0.1, -0.05) is 25.7 Å². The van der Waals surface area contributed by atoms with Crippen molar-refractivity contribution in [3.8, 4) is 5.75 Å². The Balaban J connectivity index is 1.90. The number of Topliss-reactive ketones (excluding diaryl/α,β-unsaturated/α-hetero) is 1. The highest BCUT2D eigenvalue weighted by molar-refractivity contribution is 5.96. The molecule has 0 spiro atoms. The number of ketones is 1. The summed E-state index contributed by atoms with van der Waals surface area (Å²) in [6.07, 6.45) is 10.3. The molecule has 0 radical (unpaired) electrons. The fraction of sp³-hybridized carbons (Fsp3) is 0.625. The largest absolute Gasteiger partial charge is 0.489 e. The molecule has 1 aromatic heterocycles. The van der Waals surface area contributed by atoms with Crippen molar-refractivity contribution < 1.29 is 9.53 Å². The summed E-state index contributed by atoms with van der Waals surface area (Å²) in [4.78, 5) is 16.2. The van der Waals surface area contributed by atoms with Crippen molar-refractivity contribution in [2.75, 3.05) is 0 Å². The highest BCUT2D eigenvalue weighted by Gasteiger charge is 2.17. The molecular formula is C16H23NO2. The first kappa shape index (κ1) is 14.0. The second kappa shape index (κ2) is 6.69. The Kier molecular flexibility index (Phi) is 4.94. The molecule has 0 aromatic carbocycles. The third kappa shape index (κ3) is 4.34. The molecule has 3 heteroatoms. The molecular weight excluding hydrogens is 238 g/mol. The maximum absolute atomic E-state index is 12.1. The molecule has 0 atom stereocenters. The van der Waals surface area contributed by atoms with Crippen LogP contribution in [0.1, 0.15) is 62.7 Å². The monoisotopic (exact) mass is 261 g/mol. The van der Waals surface area contributed by atoms with E-state index in [-0.39, 0.29) is 11.9 Å². The molecule has 0 saturated heterocycles. The third-order valence-corrected chi connectivity index (χ3v) is 3.66. The van der Waals surface area contributed by atoms with Gasteiger partial charge in [0.1, 0.15) is 5.75 Å². The van der Waals surface area contributed by atoms with Gasteiger partial charge in [-0.05, 0) is 32.3 Å². The maximum atomic E-state index is 12.1. The second-order valence-corrected chi connectivity index (χ2v) is 5.69. The SMILES string of the molecule is CC(C)Oc1cncc(C(=O)CCC2CCCC2)c1. The molecule has 0 aliphatic heterocycles. The summed E-state index contributed by atoms with van der Waals surface area (Å²) < 4.78 is 5.57. The number of ether oxygens (including phenoxy) is 1. The van der Waals surface area contributed by atoms with Gasteiger partial charge in [0, 0.05) is 18.2 Å². The maximum Gasteiger partial charge on any atom is 0.164 e. The van der Waals surface area contributed by atoms with Crippen molar-refractivity contribution in [1.29, 1.82) is 0 Å². The standard InChI is InChI=1S/C16H23NO2/c1-12(2)19-15-9-14(10-17-11-15)16(18)8-7-13-5-3-4-6-13/h9-13H,3-8H2,1-2H3. The Bertz CT molecular complexity index is 423. The number of nitrogens with zero attached hydrogens (tertiary/aromatic N) is 1. The quantitative estimate of drug-likeness (QED) is 0.726. The van der Waals surface area contributed by atoms with Crippen molar-refractivity contribution in [3.63, 3.8) is 0 Å². The van der Waals surface area contributed by atoms with Crippen LogP contribution in [0.25, 0.3) is 0 Å². The number of rotatable bonds is 6. The topological polar surface area (TPSA) is 39.2 Å². The lowest BCUT2D eigenvalue weighted by atomic mass is 9.98. The van der Waals surface area contributed by atoms with E-state index in [1.54, 1.807) is 12.4 Å². The predicted molar refractivity (Wildman–Crippen MR) is 75.5 cm³/mol. The van der Waals surface area contributed by atoms with Gasteiger partial charge >= 0.3 is 0 Å². The molecule has 0 amide bonds. The van der Waals surface area contributed by atoms with Crippen molar-refractivity contribution in [3.05, 3.63) is 24.0 Å². The fourth-order valence-corrected chi connectivity index (χ4v) is 2.69. The molecule has 19 heavy (non-hydrogen) atoms. The summed E-state index contributed by atoms with van der Waals surface area (Å²) in [6.45, 7) is 3.93. The van der Waals surface area contributed by atoms with Gasteiger partial charge in [-0.15, -0.1) is 0 Å². The van der Waals surface area contributed by atoms with Crippen LogP contribution in [0.3, 0.4) is 0 Å². The van der Waals surface area contributed by atoms with Crippen LogP contribution in [0.2, 0.25) is 0 Å². The van der Waals surface area contributed by atoms with E-state index in [9.17, 15) is 4.79 Å². The molecule has 0 unspecified atom stereocenters. The van der Waals surface area contributed by atoms with Crippen LogP contribution in [0.5, 0.6) is 5.75 Å². The Morgan fingerprint density at radius 2 is 2.11 bits per heavy atom. The zero-order chi connectivity index (χ0) is 13.7. The van der Waals surface area contributed by atoms with Crippen molar-refractivity contribution in [1.82, 2.24) is 4.98 Å². The van der Waals surface area contributed by atoms with Gasteiger partial charge in [-0.25, -0.2) is 0 Å². The van der Waals surface area contributed by atoms with E-state index in [0.717, 1.165) is 12.3 Å². The molecule has 1 aliphatic carbocycles. The molecule has 1 saturated carbocycles. The Morgan fingerprint density at radius 3 is 2.79 bits per heavy atom. The first-order valence-electron chi connectivity index (χ1n) is 7.30. The van der Waals surface area contributed by atoms with E-state index in [1.165, 1.54) is 25.7 Å². The van der Waals surface area contributed by atoms with E-state index < -0.39 is 0 Å². The smallest absolute Gasteiger partial charge is 0.164 e. The van der Waals surface area contributed by atoms with Gasteiger partial charge in [0.05, 0.1) is 12.3 Å². The summed E-state index contributed by atoms with van der Waals surface area (Å²) in [5, 5.41) is 0. The average Bonchev–Trinajstić information content (AvgIpc) is 2.88. The lowest BCUT2D eigenvalue weighted by Gasteiger charge is -2.11. The zero-order valence-corrected chi connectivity index (χ0v) is 11.9. The van der Waals surface area contributed by atoms with Gasteiger partial charge in [0.15, 0.2) is 5.78 Å². The minimum atomic E-state index is 0.102. The number of hydrogen-bond acceptors (Lipinski definition) is 3.